The molecule has 0 aliphatic rings. The van der Waals surface area contributed by atoms with Crippen LogP contribution in [0.25, 0.3) is 0 Å². The first-order chi connectivity index (χ1) is 10.8. The normalized spacial score (nSPS) is 11.0. The van der Waals surface area contributed by atoms with Crippen LogP contribution in [0.15, 0.2) is 48.5 Å². The summed E-state index contributed by atoms with van der Waals surface area (Å²) in [4.78, 5) is 20.6. The monoisotopic (exact) mass is 319 g/mol. The van der Waals surface area contributed by atoms with Crippen molar-refractivity contribution in [1.29, 1.82) is 0 Å². The van der Waals surface area contributed by atoms with E-state index in [1.807, 2.05) is 0 Å². The van der Waals surface area contributed by atoms with E-state index < -0.39 is 18.0 Å². The highest BCUT2D eigenvalue weighted by Gasteiger charge is 2.11. The van der Waals surface area contributed by atoms with Crippen LogP contribution in [0.2, 0.25) is 0 Å². The SMILES string of the molecule is N[C@@H](Cc1ccc(O)cc1)C(=O)O.O=C(O)c1ccc(O)cc1. The zero-order valence-corrected chi connectivity index (χ0v) is 12.1. The minimum absolute atomic E-state index is 0.0741. The molecule has 0 bridgehead atoms. The summed E-state index contributed by atoms with van der Waals surface area (Å²) in [6.07, 6.45) is 0.273. The highest BCUT2D eigenvalue weighted by atomic mass is 16.4. The van der Waals surface area contributed by atoms with Crippen molar-refractivity contribution in [3.8, 4) is 11.5 Å². The molecular formula is C16H17NO6. The number of phenolic OH excluding ortho intramolecular Hbond substituents is 2. The summed E-state index contributed by atoms with van der Waals surface area (Å²) >= 11 is 0. The second-order valence-corrected chi connectivity index (χ2v) is 4.67. The first kappa shape index (κ1) is 18.0. The molecule has 6 N–H and O–H groups in total. The van der Waals surface area contributed by atoms with Gasteiger partial charge in [-0.05, 0) is 48.4 Å². The second kappa shape index (κ2) is 8.40. The van der Waals surface area contributed by atoms with Gasteiger partial charge in [-0.2, -0.15) is 0 Å². The minimum Gasteiger partial charge on any atom is -0.508 e. The van der Waals surface area contributed by atoms with Gasteiger partial charge in [-0.3, -0.25) is 4.79 Å². The number of carboxylic acids is 2. The molecule has 0 saturated carbocycles. The first-order valence-electron chi connectivity index (χ1n) is 6.58. The number of carbonyl (C=O) groups is 2. The van der Waals surface area contributed by atoms with Gasteiger partial charge in [0, 0.05) is 0 Å². The van der Waals surface area contributed by atoms with Crippen LogP contribution in [0.5, 0.6) is 11.5 Å². The number of phenols is 2. The van der Waals surface area contributed by atoms with E-state index in [9.17, 15) is 9.59 Å². The summed E-state index contributed by atoms with van der Waals surface area (Å²) in [7, 11) is 0. The number of nitrogens with two attached hydrogens (primary N) is 1. The fourth-order valence-corrected chi connectivity index (χ4v) is 1.58. The van der Waals surface area contributed by atoms with Gasteiger partial charge in [0.2, 0.25) is 0 Å². The van der Waals surface area contributed by atoms with E-state index in [0.717, 1.165) is 5.56 Å². The quantitative estimate of drug-likeness (QED) is 0.574. The van der Waals surface area contributed by atoms with Gasteiger partial charge in [0.25, 0.3) is 0 Å². The zero-order chi connectivity index (χ0) is 17.4. The van der Waals surface area contributed by atoms with Crippen LogP contribution >= 0.6 is 0 Å². The molecule has 0 heterocycles. The summed E-state index contributed by atoms with van der Waals surface area (Å²) < 4.78 is 0. The Hall–Kier alpha value is -3.06. The van der Waals surface area contributed by atoms with E-state index >= 15 is 0 Å². The lowest BCUT2D eigenvalue weighted by atomic mass is 10.1. The molecule has 1 atom stereocenters. The lowest BCUT2D eigenvalue weighted by Crippen LogP contribution is -2.32. The molecule has 122 valence electrons. The van der Waals surface area contributed by atoms with E-state index in [-0.39, 0.29) is 23.5 Å². The van der Waals surface area contributed by atoms with Crippen LogP contribution in [0.3, 0.4) is 0 Å². The van der Waals surface area contributed by atoms with Crippen LogP contribution in [-0.4, -0.2) is 38.4 Å². The predicted molar refractivity (Wildman–Crippen MR) is 82.5 cm³/mol. The Morgan fingerprint density at radius 3 is 1.70 bits per heavy atom. The Balaban J connectivity index is 0.000000238. The minimum atomic E-state index is -1.02. The average Bonchev–Trinajstić information content (AvgIpc) is 2.50. The smallest absolute Gasteiger partial charge is 0.335 e. The molecule has 0 unspecified atom stereocenters. The van der Waals surface area contributed by atoms with E-state index in [1.54, 1.807) is 12.1 Å². The van der Waals surface area contributed by atoms with Gasteiger partial charge in [-0.1, -0.05) is 12.1 Å². The largest absolute Gasteiger partial charge is 0.508 e. The number of aromatic hydroxyl groups is 2. The number of aromatic carboxylic acids is 1. The van der Waals surface area contributed by atoms with Crippen LogP contribution in [0, 0.1) is 0 Å². The first-order valence-corrected chi connectivity index (χ1v) is 6.58. The molecule has 0 radical (unpaired) electrons. The van der Waals surface area contributed by atoms with Crippen LogP contribution in [0.4, 0.5) is 0 Å². The Morgan fingerprint density at radius 1 is 0.870 bits per heavy atom. The lowest BCUT2D eigenvalue weighted by molar-refractivity contribution is -0.138. The summed E-state index contributed by atoms with van der Waals surface area (Å²) in [6.45, 7) is 0. The highest BCUT2D eigenvalue weighted by Crippen LogP contribution is 2.11. The van der Waals surface area contributed by atoms with Gasteiger partial charge in [0.05, 0.1) is 5.56 Å². The molecule has 0 spiro atoms. The summed E-state index contributed by atoms with van der Waals surface area (Å²) in [6, 6.07) is 10.8. The van der Waals surface area contributed by atoms with Crippen molar-refractivity contribution >= 4 is 11.9 Å². The van der Waals surface area contributed by atoms with Crippen molar-refractivity contribution in [1.82, 2.24) is 0 Å². The topological polar surface area (TPSA) is 141 Å². The lowest BCUT2D eigenvalue weighted by Gasteiger charge is -2.05. The average molecular weight is 319 g/mol. The molecule has 23 heavy (non-hydrogen) atoms. The van der Waals surface area contributed by atoms with Crippen molar-refractivity contribution < 1.29 is 30.0 Å². The molecule has 7 heteroatoms. The number of rotatable bonds is 4. The van der Waals surface area contributed by atoms with Gasteiger partial charge < -0.3 is 26.2 Å². The Kier molecular flexibility index (Phi) is 6.57. The van der Waals surface area contributed by atoms with E-state index in [4.69, 9.17) is 26.2 Å². The number of aliphatic carboxylic acids is 1. The number of carboxylic acid groups (broad SMARTS) is 2. The van der Waals surface area contributed by atoms with Crippen LogP contribution in [-0.2, 0) is 11.2 Å². The van der Waals surface area contributed by atoms with Crippen LogP contribution in [0.1, 0.15) is 15.9 Å². The van der Waals surface area contributed by atoms with Crippen molar-refractivity contribution in [2.75, 3.05) is 0 Å². The Labute approximate surface area is 132 Å². The van der Waals surface area contributed by atoms with Crippen molar-refractivity contribution in [3.63, 3.8) is 0 Å². The highest BCUT2D eigenvalue weighted by molar-refractivity contribution is 5.87. The maximum absolute atomic E-state index is 10.4. The van der Waals surface area contributed by atoms with Crippen molar-refractivity contribution in [2.24, 2.45) is 5.73 Å². The molecule has 0 aromatic heterocycles. The predicted octanol–water partition coefficient (Wildman–Crippen LogP) is 1.44. The summed E-state index contributed by atoms with van der Waals surface area (Å²) in [5.41, 5.74) is 6.30. The third-order valence-corrected chi connectivity index (χ3v) is 2.82. The molecule has 0 aliphatic heterocycles. The Morgan fingerprint density at radius 2 is 1.30 bits per heavy atom. The van der Waals surface area contributed by atoms with Gasteiger partial charge in [-0.25, -0.2) is 4.79 Å². The van der Waals surface area contributed by atoms with Gasteiger partial charge in [0.1, 0.15) is 17.5 Å². The van der Waals surface area contributed by atoms with E-state index in [2.05, 4.69) is 0 Å². The fraction of sp³-hybridized carbons (Fsp3) is 0.125. The molecule has 0 amide bonds. The van der Waals surface area contributed by atoms with Crippen LogP contribution < -0.4 is 5.73 Å². The standard InChI is InChI=1S/C9H11NO3.C7H6O3/c10-8(9(12)13)5-6-1-3-7(11)4-2-6;8-6-3-1-5(2-4-6)7(9)10/h1-4,8,11H,5,10H2,(H,12,13);1-4,8H,(H,9,10)/t8-;/m0./s1. The molecule has 7 nitrogen and oxygen atoms in total. The molecule has 0 aliphatic carbocycles. The van der Waals surface area contributed by atoms with Crippen molar-refractivity contribution in [3.05, 3.63) is 59.7 Å². The maximum atomic E-state index is 10.4. The van der Waals surface area contributed by atoms with Gasteiger partial charge >= 0.3 is 11.9 Å². The van der Waals surface area contributed by atoms with Gasteiger partial charge in [-0.15, -0.1) is 0 Å². The molecular weight excluding hydrogens is 302 g/mol. The maximum Gasteiger partial charge on any atom is 0.335 e. The molecule has 0 saturated heterocycles. The zero-order valence-electron chi connectivity index (χ0n) is 12.1. The third kappa shape index (κ3) is 6.49. The molecule has 2 rings (SSSR count). The number of hydrogen-bond acceptors (Lipinski definition) is 5. The molecule has 2 aromatic rings. The number of hydrogen-bond donors (Lipinski definition) is 5. The molecule has 0 fully saturated rings. The third-order valence-electron chi connectivity index (χ3n) is 2.82. The molecule has 2 aromatic carbocycles. The Bertz CT molecular complexity index is 651. The summed E-state index contributed by atoms with van der Waals surface area (Å²) in [5, 5.41) is 34.6. The van der Waals surface area contributed by atoms with E-state index in [1.165, 1.54) is 36.4 Å². The van der Waals surface area contributed by atoms with E-state index in [0.29, 0.717) is 0 Å². The fourth-order valence-electron chi connectivity index (χ4n) is 1.58. The van der Waals surface area contributed by atoms with Gasteiger partial charge in [0.15, 0.2) is 0 Å². The van der Waals surface area contributed by atoms with Crippen molar-refractivity contribution in [2.45, 2.75) is 12.5 Å². The summed E-state index contributed by atoms with van der Waals surface area (Å²) in [5.74, 6) is -1.77. The number of benzene rings is 2. The second-order valence-electron chi connectivity index (χ2n) is 4.67.